The van der Waals surface area contributed by atoms with E-state index in [2.05, 4.69) is 60.9 Å². The van der Waals surface area contributed by atoms with E-state index in [9.17, 15) is 0 Å². The normalized spacial score (nSPS) is 24.1. The number of halogens is 3. The monoisotopic (exact) mass is 487 g/mol. The molecule has 2 aliphatic heterocycles. The minimum absolute atomic E-state index is 0. The summed E-state index contributed by atoms with van der Waals surface area (Å²) < 4.78 is 5.96. The SMILES string of the molecule is CC1=C(C)C2=C(N)C(C)(CN3CCN(Cc4ccccc4)CC3)CC2=C(C)O1.Cl.Cl.Cl. The molecule has 1 aromatic rings. The molecule has 0 radical (unpaired) electrons. The first-order valence-electron chi connectivity index (χ1n) is 10.4. The number of benzene rings is 1. The summed E-state index contributed by atoms with van der Waals surface area (Å²) in [6.45, 7) is 15.1. The van der Waals surface area contributed by atoms with Gasteiger partial charge in [0.15, 0.2) is 0 Å². The van der Waals surface area contributed by atoms with E-state index in [1.54, 1.807) is 0 Å². The Morgan fingerprint density at radius 3 is 2.10 bits per heavy atom. The Hall–Kier alpha value is -1.17. The van der Waals surface area contributed by atoms with Crippen LogP contribution in [0.5, 0.6) is 0 Å². The van der Waals surface area contributed by atoms with Crippen LogP contribution in [-0.2, 0) is 11.3 Å². The molecule has 0 spiro atoms. The van der Waals surface area contributed by atoms with Crippen molar-refractivity contribution in [1.29, 1.82) is 0 Å². The lowest BCUT2D eigenvalue weighted by molar-refractivity contribution is 0.0990. The van der Waals surface area contributed by atoms with Crippen LogP contribution in [0, 0.1) is 5.41 Å². The summed E-state index contributed by atoms with van der Waals surface area (Å²) in [4.78, 5) is 5.15. The van der Waals surface area contributed by atoms with Crippen molar-refractivity contribution in [2.45, 2.75) is 40.7 Å². The number of nitrogens with two attached hydrogens (primary N) is 1. The Labute approximate surface area is 205 Å². The van der Waals surface area contributed by atoms with Gasteiger partial charge in [0.1, 0.15) is 11.5 Å². The predicted octanol–water partition coefficient (Wildman–Crippen LogP) is 5.29. The van der Waals surface area contributed by atoms with Gasteiger partial charge in [0.05, 0.1) is 0 Å². The zero-order valence-electron chi connectivity index (χ0n) is 18.9. The molecular weight excluding hydrogens is 453 g/mol. The smallest absolute Gasteiger partial charge is 0.104 e. The van der Waals surface area contributed by atoms with Gasteiger partial charge < -0.3 is 10.5 Å². The summed E-state index contributed by atoms with van der Waals surface area (Å²) in [7, 11) is 0. The van der Waals surface area contributed by atoms with Crippen LogP contribution < -0.4 is 5.73 Å². The van der Waals surface area contributed by atoms with Crippen molar-refractivity contribution in [3.8, 4) is 0 Å². The van der Waals surface area contributed by atoms with Gasteiger partial charge in [-0.3, -0.25) is 9.80 Å². The second kappa shape index (κ2) is 11.1. The highest BCUT2D eigenvalue weighted by atomic mass is 35.5. The third-order valence-corrected chi connectivity index (χ3v) is 6.71. The maximum Gasteiger partial charge on any atom is 0.104 e. The number of ether oxygens (including phenoxy) is 1. The molecule has 0 bridgehead atoms. The lowest BCUT2D eigenvalue weighted by Crippen LogP contribution is -2.49. The lowest BCUT2D eigenvalue weighted by atomic mass is 9.85. The molecule has 174 valence electrons. The highest BCUT2D eigenvalue weighted by Gasteiger charge is 2.43. The molecule has 0 amide bonds. The molecule has 2 heterocycles. The van der Waals surface area contributed by atoms with Gasteiger partial charge in [-0.05, 0) is 38.3 Å². The number of hydrogen-bond acceptors (Lipinski definition) is 4. The van der Waals surface area contributed by atoms with Gasteiger partial charge in [-0.25, -0.2) is 0 Å². The summed E-state index contributed by atoms with van der Waals surface area (Å²) in [6.07, 6.45) is 0.981. The van der Waals surface area contributed by atoms with Crippen LogP contribution in [0.3, 0.4) is 0 Å². The highest BCUT2D eigenvalue weighted by molar-refractivity contribution is 5.86. The zero-order chi connectivity index (χ0) is 19.9. The Morgan fingerprint density at radius 1 is 0.903 bits per heavy atom. The van der Waals surface area contributed by atoms with Gasteiger partial charge in [-0.2, -0.15) is 0 Å². The molecule has 2 N–H and O–H groups in total. The minimum Gasteiger partial charge on any atom is -0.466 e. The maximum atomic E-state index is 6.75. The molecule has 1 fully saturated rings. The molecule has 4 rings (SSSR count). The molecule has 0 saturated carbocycles. The van der Waals surface area contributed by atoms with Crippen molar-refractivity contribution in [2.75, 3.05) is 32.7 Å². The Balaban J connectivity index is 0.00000160. The van der Waals surface area contributed by atoms with Crippen LogP contribution >= 0.6 is 37.2 Å². The van der Waals surface area contributed by atoms with E-state index in [0.29, 0.717) is 0 Å². The van der Waals surface area contributed by atoms with Crippen molar-refractivity contribution in [2.24, 2.45) is 11.1 Å². The summed E-state index contributed by atoms with van der Waals surface area (Å²) in [5.41, 5.74) is 13.0. The number of rotatable bonds is 4. The third kappa shape index (κ3) is 5.61. The van der Waals surface area contributed by atoms with Crippen LogP contribution in [0.25, 0.3) is 0 Å². The summed E-state index contributed by atoms with van der Waals surface area (Å²) in [5, 5.41) is 0. The molecule has 1 aromatic carbocycles. The Bertz CT molecular complexity index is 858. The lowest BCUT2D eigenvalue weighted by Gasteiger charge is -2.39. The van der Waals surface area contributed by atoms with Gasteiger partial charge >= 0.3 is 0 Å². The van der Waals surface area contributed by atoms with Crippen molar-refractivity contribution in [3.63, 3.8) is 0 Å². The fourth-order valence-electron chi connectivity index (χ4n) is 4.89. The topological polar surface area (TPSA) is 41.7 Å². The number of piperazine rings is 1. The van der Waals surface area contributed by atoms with Gasteiger partial charge in [0, 0.05) is 61.5 Å². The molecular formula is C24H36Cl3N3O. The number of hydrogen-bond donors (Lipinski definition) is 1. The fourth-order valence-corrected chi connectivity index (χ4v) is 4.89. The predicted molar refractivity (Wildman–Crippen MR) is 136 cm³/mol. The van der Waals surface area contributed by atoms with Gasteiger partial charge in [0.25, 0.3) is 0 Å². The second-order valence-electron chi connectivity index (χ2n) is 8.88. The van der Waals surface area contributed by atoms with Crippen molar-refractivity contribution >= 4 is 37.2 Å². The average Bonchev–Trinajstić information content (AvgIpc) is 2.94. The van der Waals surface area contributed by atoms with Crippen LogP contribution in [0.2, 0.25) is 0 Å². The highest BCUT2D eigenvalue weighted by Crippen LogP contribution is 2.50. The first-order valence-corrected chi connectivity index (χ1v) is 10.4. The molecule has 31 heavy (non-hydrogen) atoms. The van der Waals surface area contributed by atoms with Crippen LogP contribution in [0.4, 0.5) is 0 Å². The summed E-state index contributed by atoms with van der Waals surface area (Å²) >= 11 is 0. The zero-order valence-corrected chi connectivity index (χ0v) is 21.4. The number of allylic oxidation sites excluding steroid dienone is 5. The quantitative estimate of drug-likeness (QED) is 0.625. The standard InChI is InChI=1S/C24H33N3O.3ClH/c1-17-18(2)28-19(3)21-14-24(4,23(25)22(17)21)16-27-12-10-26(11-13-27)15-20-8-6-5-7-9-20;;;/h5-9H,10-16,25H2,1-4H3;3*1H. The van der Waals surface area contributed by atoms with E-state index < -0.39 is 0 Å². The molecule has 0 aromatic heterocycles. The third-order valence-electron chi connectivity index (χ3n) is 6.71. The Kier molecular flexibility index (Phi) is 9.99. The van der Waals surface area contributed by atoms with E-state index >= 15 is 0 Å². The second-order valence-corrected chi connectivity index (χ2v) is 8.88. The molecule has 1 atom stereocenters. The summed E-state index contributed by atoms with van der Waals surface area (Å²) in [5.74, 6) is 2.01. The van der Waals surface area contributed by atoms with E-state index in [1.807, 2.05) is 6.92 Å². The van der Waals surface area contributed by atoms with E-state index in [-0.39, 0.29) is 42.6 Å². The van der Waals surface area contributed by atoms with E-state index in [0.717, 1.165) is 62.9 Å². The molecule has 1 unspecified atom stereocenters. The number of fused-ring (bicyclic) bond motifs is 1. The van der Waals surface area contributed by atoms with Crippen molar-refractivity contribution < 1.29 is 4.74 Å². The molecule has 3 aliphatic rings. The van der Waals surface area contributed by atoms with Gasteiger partial charge in [-0.1, -0.05) is 37.3 Å². The van der Waals surface area contributed by atoms with Gasteiger partial charge in [-0.15, -0.1) is 37.2 Å². The van der Waals surface area contributed by atoms with Crippen LogP contribution in [0.1, 0.15) is 39.7 Å². The largest absolute Gasteiger partial charge is 0.466 e. The Morgan fingerprint density at radius 2 is 1.48 bits per heavy atom. The maximum absolute atomic E-state index is 6.75. The first kappa shape index (κ1) is 27.9. The fraction of sp³-hybridized carbons (Fsp3) is 0.500. The van der Waals surface area contributed by atoms with Crippen LogP contribution in [0.15, 0.2) is 64.3 Å². The first-order chi connectivity index (χ1) is 13.4. The van der Waals surface area contributed by atoms with E-state index in [4.69, 9.17) is 10.5 Å². The molecule has 4 nitrogen and oxygen atoms in total. The minimum atomic E-state index is -0.0111. The average molecular weight is 489 g/mol. The molecule has 7 heteroatoms. The summed E-state index contributed by atoms with van der Waals surface area (Å²) in [6, 6.07) is 10.8. The number of nitrogens with zero attached hydrogens (tertiary/aromatic N) is 2. The molecule has 1 aliphatic carbocycles. The van der Waals surface area contributed by atoms with E-state index in [1.165, 1.54) is 22.3 Å². The van der Waals surface area contributed by atoms with Crippen molar-refractivity contribution in [3.05, 3.63) is 69.8 Å². The van der Waals surface area contributed by atoms with Crippen LogP contribution in [-0.4, -0.2) is 42.5 Å². The van der Waals surface area contributed by atoms with Crippen molar-refractivity contribution in [1.82, 2.24) is 9.80 Å². The molecule has 1 saturated heterocycles. The van der Waals surface area contributed by atoms with Gasteiger partial charge in [0.2, 0.25) is 0 Å².